The van der Waals surface area contributed by atoms with Crippen LogP contribution in [0.1, 0.15) is 35.8 Å². The lowest BCUT2D eigenvalue weighted by atomic mass is 10.2. The summed E-state index contributed by atoms with van der Waals surface area (Å²) in [6.45, 7) is 7.19. The van der Waals surface area contributed by atoms with Gasteiger partial charge in [0.25, 0.3) is 5.91 Å². The quantitative estimate of drug-likeness (QED) is 0.689. The number of nitrogens with zero attached hydrogens (tertiary/aromatic N) is 5. The van der Waals surface area contributed by atoms with E-state index in [4.69, 9.17) is 0 Å². The average molecular weight is 394 g/mol. The van der Waals surface area contributed by atoms with Crippen LogP contribution in [0.15, 0.2) is 48.5 Å². The summed E-state index contributed by atoms with van der Waals surface area (Å²) in [6.07, 6.45) is 6.59. The number of anilines is 1. The molecule has 3 rings (SSSR count). The largest absolute Gasteiger partial charge is 0.358 e. The fourth-order valence-corrected chi connectivity index (χ4v) is 3.35. The molecule has 0 atom stereocenters. The molecule has 1 aromatic carbocycles. The summed E-state index contributed by atoms with van der Waals surface area (Å²) in [7, 11) is 2.01. The second-order valence-corrected chi connectivity index (χ2v) is 7.46. The van der Waals surface area contributed by atoms with Crippen molar-refractivity contribution in [1.82, 2.24) is 20.0 Å². The van der Waals surface area contributed by atoms with E-state index >= 15 is 0 Å². The van der Waals surface area contributed by atoms with Gasteiger partial charge in [-0.15, -0.1) is 10.2 Å². The Morgan fingerprint density at radius 2 is 1.83 bits per heavy atom. The number of aromatic nitrogens is 2. The van der Waals surface area contributed by atoms with Crippen LogP contribution in [0.25, 0.3) is 6.08 Å². The van der Waals surface area contributed by atoms with Gasteiger partial charge in [0, 0.05) is 46.3 Å². The highest BCUT2D eigenvalue weighted by atomic mass is 16.2. The molecule has 0 bridgehead atoms. The number of amides is 1. The maximum atomic E-state index is 12.7. The van der Waals surface area contributed by atoms with E-state index in [1.165, 1.54) is 5.56 Å². The van der Waals surface area contributed by atoms with Gasteiger partial charge in [-0.1, -0.05) is 55.8 Å². The smallest absolute Gasteiger partial charge is 0.274 e. The van der Waals surface area contributed by atoms with Gasteiger partial charge in [-0.2, -0.15) is 0 Å². The average Bonchev–Trinajstić information content (AvgIpc) is 2.78. The standard InChI is InChI=1S/C23H31N5O/c1-3-4-14-26(2)22-13-12-21(24-25-22)23(29)28-18-16-27(17-19-28)15-8-11-20-9-6-5-7-10-20/h5-13H,3-4,14-19H2,1-2H3/b11-8+. The number of benzene rings is 1. The monoisotopic (exact) mass is 393 g/mol. The molecule has 0 spiro atoms. The summed E-state index contributed by atoms with van der Waals surface area (Å²) < 4.78 is 0. The number of carbonyl (C=O) groups excluding carboxylic acids is 1. The molecule has 29 heavy (non-hydrogen) atoms. The Morgan fingerprint density at radius 1 is 1.07 bits per heavy atom. The van der Waals surface area contributed by atoms with E-state index in [0.29, 0.717) is 5.69 Å². The minimum Gasteiger partial charge on any atom is -0.358 e. The Kier molecular flexibility index (Phi) is 7.76. The van der Waals surface area contributed by atoms with Crippen LogP contribution in [0.2, 0.25) is 0 Å². The molecule has 2 heterocycles. The molecule has 1 fully saturated rings. The zero-order valence-corrected chi connectivity index (χ0v) is 17.5. The number of piperazine rings is 1. The predicted molar refractivity (Wildman–Crippen MR) is 118 cm³/mol. The number of hydrogen-bond acceptors (Lipinski definition) is 5. The van der Waals surface area contributed by atoms with Crippen molar-refractivity contribution in [3.63, 3.8) is 0 Å². The van der Waals surface area contributed by atoms with Crippen molar-refractivity contribution < 1.29 is 4.79 Å². The molecule has 1 aliphatic heterocycles. The van der Waals surface area contributed by atoms with Gasteiger partial charge in [-0.25, -0.2) is 0 Å². The topological polar surface area (TPSA) is 52.6 Å². The van der Waals surface area contributed by atoms with Crippen molar-refractivity contribution in [3.05, 3.63) is 59.8 Å². The Labute approximate surface area is 173 Å². The van der Waals surface area contributed by atoms with Gasteiger partial charge in [-0.3, -0.25) is 9.69 Å². The van der Waals surface area contributed by atoms with E-state index < -0.39 is 0 Å². The zero-order chi connectivity index (χ0) is 20.5. The lowest BCUT2D eigenvalue weighted by Gasteiger charge is -2.33. The van der Waals surface area contributed by atoms with Crippen molar-refractivity contribution in [2.75, 3.05) is 51.2 Å². The van der Waals surface area contributed by atoms with Gasteiger partial charge < -0.3 is 9.80 Å². The molecule has 1 amide bonds. The van der Waals surface area contributed by atoms with Crippen LogP contribution < -0.4 is 4.90 Å². The van der Waals surface area contributed by atoms with Crippen molar-refractivity contribution in [1.29, 1.82) is 0 Å². The van der Waals surface area contributed by atoms with E-state index in [1.807, 2.05) is 36.2 Å². The molecule has 154 valence electrons. The molecule has 1 saturated heterocycles. The Morgan fingerprint density at radius 3 is 2.48 bits per heavy atom. The van der Waals surface area contributed by atoms with Crippen LogP contribution in [0.5, 0.6) is 0 Å². The first-order valence-corrected chi connectivity index (χ1v) is 10.5. The fourth-order valence-electron chi connectivity index (χ4n) is 3.35. The van der Waals surface area contributed by atoms with Crippen LogP contribution in [-0.2, 0) is 0 Å². The maximum absolute atomic E-state index is 12.7. The molecule has 0 aliphatic carbocycles. The van der Waals surface area contributed by atoms with Crippen molar-refractivity contribution >= 4 is 17.8 Å². The summed E-state index contributed by atoms with van der Waals surface area (Å²) >= 11 is 0. The highest BCUT2D eigenvalue weighted by Gasteiger charge is 2.22. The summed E-state index contributed by atoms with van der Waals surface area (Å²) in [5.74, 6) is 0.782. The summed E-state index contributed by atoms with van der Waals surface area (Å²) in [4.78, 5) is 19.1. The Balaban J connectivity index is 1.46. The first-order valence-electron chi connectivity index (χ1n) is 10.5. The van der Waals surface area contributed by atoms with Crippen LogP contribution in [0, 0.1) is 0 Å². The molecule has 2 aromatic rings. The van der Waals surface area contributed by atoms with Gasteiger partial charge in [0.2, 0.25) is 0 Å². The minimum atomic E-state index is -0.0280. The van der Waals surface area contributed by atoms with E-state index in [9.17, 15) is 4.79 Å². The predicted octanol–water partition coefficient (Wildman–Crippen LogP) is 3.18. The van der Waals surface area contributed by atoms with Crippen LogP contribution in [0.4, 0.5) is 5.82 Å². The lowest BCUT2D eigenvalue weighted by Crippen LogP contribution is -2.48. The number of carbonyl (C=O) groups is 1. The maximum Gasteiger partial charge on any atom is 0.274 e. The van der Waals surface area contributed by atoms with Crippen molar-refractivity contribution in [2.24, 2.45) is 0 Å². The van der Waals surface area contributed by atoms with E-state index in [1.54, 1.807) is 6.07 Å². The fraction of sp³-hybridized carbons (Fsp3) is 0.435. The van der Waals surface area contributed by atoms with Gasteiger partial charge in [0.05, 0.1) is 0 Å². The SMILES string of the molecule is CCCCN(C)c1ccc(C(=O)N2CCN(C/C=C/c3ccccc3)CC2)nn1. The third kappa shape index (κ3) is 6.12. The molecule has 1 aliphatic rings. The van der Waals surface area contributed by atoms with E-state index in [0.717, 1.165) is 57.9 Å². The molecule has 0 unspecified atom stereocenters. The highest BCUT2D eigenvalue weighted by Crippen LogP contribution is 2.12. The molecular weight excluding hydrogens is 362 g/mol. The molecule has 1 aromatic heterocycles. The van der Waals surface area contributed by atoms with Crippen molar-refractivity contribution in [2.45, 2.75) is 19.8 Å². The molecule has 6 heteroatoms. The number of hydrogen-bond donors (Lipinski definition) is 0. The second-order valence-electron chi connectivity index (χ2n) is 7.46. The number of rotatable bonds is 8. The lowest BCUT2D eigenvalue weighted by molar-refractivity contribution is 0.0643. The second kappa shape index (κ2) is 10.7. The summed E-state index contributed by atoms with van der Waals surface area (Å²) in [5, 5.41) is 8.42. The summed E-state index contributed by atoms with van der Waals surface area (Å²) in [6, 6.07) is 14.0. The Bertz CT molecular complexity index is 783. The first-order chi connectivity index (χ1) is 14.2. The molecule has 0 saturated carbocycles. The van der Waals surface area contributed by atoms with Gasteiger partial charge in [-0.05, 0) is 24.1 Å². The molecule has 0 radical (unpaired) electrons. The summed E-state index contributed by atoms with van der Waals surface area (Å²) in [5.41, 5.74) is 1.64. The minimum absolute atomic E-state index is 0.0280. The third-order valence-corrected chi connectivity index (χ3v) is 5.24. The number of unbranched alkanes of at least 4 members (excludes halogenated alkanes) is 1. The Hall–Kier alpha value is -2.73. The van der Waals surface area contributed by atoms with Gasteiger partial charge >= 0.3 is 0 Å². The highest BCUT2D eigenvalue weighted by molar-refractivity contribution is 5.92. The van der Waals surface area contributed by atoms with Gasteiger partial charge in [0.1, 0.15) is 0 Å². The molecular formula is C23H31N5O. The molecule has 6 nitrogen and oxygen atoms in total. The van der Waals surface area contributed by atoms with Crippen LogP contribution in [-0.4, -0.2) is 72.2 Å². The van der Waals surface area contributed by atoms with E-state index in [2.05, 4.69) is 51.2 Å². The first kappa shape index (κ1) is 21.0. The zero-order valence-electron chi connectivity index (χ0n) is 17.5. The third-order valence-electron chi connectivity index (χ3n) is 5.24. The van der Waals surface area contributed by atoms with Crippen molar-refractivity contribution in [3.8, 4) is 0 Å². The molecule has 0 N–H and O–H groups in total. The van der Waals surface area contributed by atoms with Crippen LogP contribution in [0.3, 0.4) is 0 Å². The van der Waals surface area contributed by atoms with Crippen LogP contribution >= 0.6 is 0 Å². The normalized spacial score (nSPS) is 15.0. The van der Waals surface area contributed by atoms with Gasteiger partial charge in [0.15, 0.2) is 11.5 Å². The van der Waals surface area contributed by atoms with E-state index in [-0.39, 0.29) is 5.91 Å².